The third-order valence-electron chi connectivity index (χ3n) is 2.85. The van der Waals surface area contributed by atoms with Crippen molar-refractivity contribution in [2.75, 3.05) is 0 Å². The molecule has 0 aliphatic rings. The van der Waals surface area contributed by atoms with Crippen LogP contribution in [-0.2, 0) is 0 Å². The molecule has 0 amide bonds. The van der Waals surface area contributed by atoms with Crippen molar-refractivity contribution in [2.24, 2.45) is 0 Å². The number of ketones is 1. The van der Waals surface area contributed by atoms with Gasteiger partial charge in [0.2, 0.25) is 0 Å². The summed E-state index contributed by atoms with van der Waals surface area (Å²) in [6, 6.07) is 11.1. The number of Topliss-reactive ketones (excluding diaryl/α,β-unsaturated/α-hetero) is 1. The van der Waals surface area contributed by atoms with Gasteiger partial charge < -0.3 is 4.74 Å². The van der Waals surface area contributed by atoms with E-state index in [0.29, 0.717) is 17.1 Å². The van der Waals surface area contributed by atoms with Crippen LogP contribution < -0.4 is 4.74 Å². The van der Waals surface area contributed by atoms with Gasteiger partial charge in [0.05, 0.1) is 11.0 Å². The lowest BCUT2D eigenvalue weighted by atomic mass is 10.1. The van der Waals surface area contributed by atoms with E-state index in [9.17, 15) is 14.9 Å². The second-order valence-corrected chi connectivity index (χ2v) is 4.39. The van der Waals surface area contributed by atoms with Crippen LogP contribution in [-0.4, -0.2) is 10.7 Å². The first kappa shape index (κ1) is 13.7. The molecular formula is C15H13NO4. The zero-order valence-electron chi connectivity index (χ0n) is 11.1. The van der Waals surface area contributed by atoms with Gasteiger partial charge in [-0.3, -0.25) is 14.9 Å². The number of non-ortho nitro benzene ring substituents is 1. The largest absolute Gasteiger partial charge is 0.457 e. The molecule has 0 N–H and O–H groups in total. The van der Waals surface area contributed by atoms with Crippen molar-refractivity contribution in [2.45, 2.75) is 13.8 Å². The van der Waals surface area contributed by atoms with Gasteiger partial charge in [0.1, 0.15) is 11.5 Å². The molecule has 0 unspecified atom stereocenters. The highest BCUT2D eigenvalue weighted by Gasteiger charge is 2.11. The Morgan fingerprint density at radius 1 is 1.20 bits per heavy atom. The average molecular weight is 271 g/mol. The van der Waals surface area contributed by atoms with Gasteiger partial charge in [-0.25, -0.2) is 0 Å². The van der Waals surface area contributed by atoms with Crippen molar-refractivity contribution in [3.8, 4) is 11.5 Å². The van der Waals surface area contributed by atoms with Gasteiger partial charge in [-0.05, 0) is 37.6 Å². The number of rotatable bonds is 4. The van der Waals surface area contributed by atoms with Crippen molar-refractivity contribution in [1.82, 2.24) is 0 Å². The molecule has 2 rings (SSSR count). The molecule has 5 heteroatoms. The molecule has 0 heterocycles. The van der Waals surface area contributed by atoms with Gasteiger partial charge in [0, 0.05) is 11.6 Å². The molecule has 0 atom stereocenters. The average Bonchev–Trinajstić information content (AvgIpc) is 2.41. The van der Waals surface area contributed by atoms with Crippen LogP contribution in [0.2, 0.25) is 0 Å². The van der Waals surface area contributed by atoms with E-state index in [2.05, 4.69) is 0 Å². The van der Waals surface area contributed by atoms with Crippen LogP contribution in [0.15, 0.2) is 42.5 Å². The molecule has 20 heavy (non-hydrogen) atoms. The van der Waals surface area contributed by atoms with Gasteiger partial charge in [-0.15, -0.1) is 0 Å². The molecule has 0 saturated carbocycles. The molecule has 0 aliphatic carbocycles. The maximum Gasteiger partial charge on any atom is 0.273 e. The van der Waals surface area contributed by atoms with E-state index >= 15 is 0 Å². The quantitative estimate of drug-likeness (QED) is 0.480. The first-order valence-corrected chi connectivity index (χ1v) is 6.01. The maximum atomic E-state index is 11.3. The second kappa shape index (κ2) is 5.52. The van der Waals surface area contributed by atoms with Crippen LogP contribution in [0.4, 0.5) is 5.69 Å². The lowest BCUT2D eigenvalue weighted by molar-refractivity contribution is -0.384. The number of nitrogens with zero attached hydrogens (tertiary/aromatic N) is 1. The molecular weight excluding hydrogens is 258 g/mol. The number of carbonyl (C=O) groups excluding carboxylic acids is 1. The van der Waals surface area contributed by atoms with Crippen LogP contribution in [0.3, 0.4) is 0 Å². The molecule has 0 aromatic heterocycles. The SMILES string of the molecule is CC(=O)c1cccc(Oc2cc([N+](=O)[O-])ccc2C)c1. The Morgan fingerprint density at radius 2 is 1.95 bits per heavy atom. The molecule has 0 saturated heterocycles. The van der Waals surface area contributed by atoms with Crippen molar-refractivity contribution in [3.05, 3.63) is 63.7 Å². The predicted molar refractivity (Wildman–Crippen MR) is 74.4 cm³/mol. The number of carbonyl (C=O) groups is 1. The molecule has 0 bridgehead atoms. The zero-order valence-corrected chi connectivity index (χ0v) is 11.1. The summed E-state index contributed by atoms with van der Waals surface area (Å²) in [6.07, 6.45) is 0. The minimum Gasteiger partial charge on any atom is -0.457 e. The van der Waals surface area contributed by atoms with E-state index in [-0.39, 0.29) is 11.5 Å². The summed E-state index contributed by atoms with van der Waals surface area (Å²) in [5.41, 5.74) is 1.28. The van der Waals surface area contributed by atoms with Gasteiger partial charge >= 0.3 is 0 Å². The summed E-state index contributed by atoms with van der Waals surface area (Å²) >= 11 is 0. The highest BCUT2D eigenvalue weighted by molar-refractivity contribution is 5.94. The Hall–Kier alpha value is -2.69. The molecule has 0 aliphatic heterocycles. The van der Waals surface area contributed by atoms with Crippen LogP contribution in [0.1, 0.15) is 22.8 Å². The van der Waals surface area contributed by atoms with Gasteiger partial charge in [0.25, 0.3) is 5.69 Å². The van der Waals surface area contributed by atoms with Gasteiger partial charge in [-0.1, -0.05) is 12.1 Å². The fraction of sp³-hybridized carbons (Fsp3) is 0.133. The number of hydrogen-bond acceptors (Lipinski definition) is 4. The monoisotopic (exact) mass is 271 g/mol. The summed E-state index contributed by atoms with van der Waals surface area (Å²) in [5.74, 6) is 0.812. The van der Waals surface area contributed by atoms with Gasteiger partial charge in [-0.2, -0.15) is 0 Å². The zero-order chi connectivity index (χ0) is 14.7. The van der Waals surface area contributed by atoms with Crippen molar-refractivity contribution in [1.29, 1.82) is 0 Å². The van der Waals surface area contributed by atoms with E-state index in [0.717, 1.165) is 5.56 Å². The standard InChI is InChI=1S/C15H13NO4/c1-10-6-7-13(16(18)19)9-15(10)20-14-5-3-4-12(8-14)11(2)17/h3-9H,1-2H3. The molecule has 2 aromatic rings. The third kappa shape index (κ3) is 3.00. The second-order valence-electron chi connectivity index (χ2n) is 4.39. The topological polar surface area (TPSA) is 69.4 Å². The van der Waals surface area contributed by atoms with E-state index in [1.54, 1.807) is 37.3 Å². The Balaban J connectivity index is 2.34. The van der Waals surface area contributed by atoms with E-state index in [4.69, 9.17) is 4.74 Å². The number of benzene rings is 2. The van der Waals surface area contributed by atoms with Crippen LogP contribution in [0, 0.1) is 17.0 Å². The summed E-state index contributed by atoms with van der Waals surface area (Å²) in [4.78, 5) is 21.6. The summed E-state index contributed by atoms with van der Waals surface area (Å²) in [6.45, 7) is 3.27. The summed E-state index contributed by atoms with van der Waals surface area (Å²) < 4.78 is 5.63. The highest BCUT2D eigenvalue weighted by Crippen LogP contribution is 2.29. The fourth-order valence-corrected chi connectivity index (χ4v) is 1.72. The minimum atomic E-state index is -0.474. The van der Waals surface area contributed by atoms with Crippen molar-refractivity contribution in [3.63, 3.8) is 0 Å². The number of ether oxygens (including phenoxy) is 1. The maximum absolute atomic E-state index is 11.3. The van der Waals surface area contributed by atoms with Gasteiger partial charge in [0.15, 0.2) is 5.78 Å². The number of nitro benzene ring substituents is 1. The highest BCUT2D eigenvalue weighted by atomic mass is 16.6. The lowest BCUT2D eigenvalue weighted by Gasteiger charge is -2.09. The minimum absolute atomic E-state index is 0.0340. The fourth-order valence-electron chi connectivity index (χ4n) is 1.72. The molecule has 5 nitrogen and oxygen atoms in total. The van der Waals surface area contributed by atoms with E-state index in [1.807, 2.05) is 0 Å². The number of aryl methyl sites for hydroxylation is 1. The molecule has 0 spiro atoms. The number of nitro groups is 1. The normalized spacial score (nSPS) is 10.1. The first-order chi connectivity index (χ1) is 9.47. The lowest BCUT2D eigenvalue weighted by Crippen LogP contribution is -1.94. The van der Waals surface area contributed by atoms with E-state index < -0.39 is 4.92 Å². The van der Waals surface area contributed by atoms with Crippen molar-refractivity contribution >= 4 is 11.5 Å². The smallest absolute Gasteiger partial charge is 0.273 e. The van der Waals surface area contributed by atoms with E-state index in [1.165, 1.54) is 19.1 Å². The van der Waals surface area contributed by atoms with Crippen molar-refractivity contribution < 1.29 is 14.5 Å². The summed E-state index contributed by atoms with van der Waals surface area (Å²) in [7, 11) is 0. The van der Waals surface area contributed by atoms with Crippen LogP contribution in [0.5, 0.6) is 11.5 Å². The Morgan fingerprint density at radius 3 is 2.60 bits per heavy atom. The first-order valence-electron chi connectivity index (χ1n) is 6.01. The molecule has 102 valence electrons. The third-order valence-corrected chi connectivity index (χ3v) is 2.85. The molecule has 0 radical (unpaired) electrons. The molecule has 2 aromatic carbocycles. The predicted octanol–water partition coefficient (Wildman–Crippen LogP) is 3.90. The summed E-state index contributed by atoms with van der Waals surface area (Å²) in [5, 5.41) is 10.8. The Labute approximate surface area is 116 Å². The van der Waals surface area contributed by atoms with Crippen LogP contribution in [0.25, 0.3) is 0 Å². The Kier molecular flexibility index (Phi) is 3.79. The Bertz CT molecular complexity index is 679. The van der Waals surface area contributed by atoms with Crippen LogP contribution >= 0.6 is 0 Å². The number of hydrogen-bond donors (Lipinski definition) is 0. The molecule has 0 fully saturated rings.